The summed E-state index contributed by atoms with van der Waals surface area (Å²) in [5.74, 6) is 0.586. The number of halogens is 1. The molecule has 2 aromatic carbocycles. The van der Waals surface area contributed by atoms with Crippen LogP contribution in [0, 0.1) is 11.3 Å². The number of allylic oxidation sites excluding steroid dienone is 4. The van der Waals surface area contributed by atoms with Crippen LogP contribution >= 0.6 is 12.4 Å². The smallest absolute Gasteiger partial charge is 0.147 e. The number of fused-ring (bicyclic) bond motifs is 3. The molecule has 0 amide bonds. The standard InChI is InChI=1S/C13H9.C10H15.C3H6.ClH.Zr/c1-3-7-12-10(5-1)9-11-6-2-4-8-13(11)12;1-8-5-6-9(7-8)10(2,3)4;1-3-2;;/h1-5,7-8H,9H2;6-8H,1-4H3;1-2H3;1H;. The largest absolute Gasteiger partial charge is 0.147 e. The SMILES string of the molecule is C[C](C)=[Zr]([C]1=CC(C(C)(C)C)=CC1C)[c]1cccc2c1Cc1ccccc1-2.Cl. The van der Waals surface area contributed by atoms with Gasteiger partial charge in [0, 0.05) is 0 Å². The van der Waals surface area contributed by atoms with E-state index in [4.69, 9.17) is 0 Å². The molecular formula is C26H31ClZr. The van der Waals surface area contributed by atoms with Gasteiger partial charge in [-0.15, -0.1) is 12.4 Å². The van der Waals surface area contributed by atoms with Crippen LogP contribution in [0.15, 0.2) is 63.5 Å². The van der Waals surface area contributed by atoms with E-state index in [2.05, 4.69) is 96.2 Å². The Hall–Kier alpha value is -1.04. The molecule has 0 bridgehead atoms. The minimum atomic E-state index is -2.06. The van der Waals surface area contributed by atoms with Crippen LogP contribution in [0.5, 0.6) is 0 Å². The third kappa shape index (κ3) is 3.73. The van der Waals surface area contributed by atoms with E-state index in [1.165, 1.54) is 22.3 Å². The van der Waals surface area contributed by atoms with Crippen LogP contribution in [0.2, 0.25) is 0 Å². The van der Waals surface area contributed by atoms with Gasteiger partial charge in [-0.25, -0.2) is 0 Å². The summed E-state index contributed by atoms with van der Waals surface area (Å²) in [4.78, 5) is 0. The average Bonchev–Trinajstić information content (AvgIpc) is 3.16. The Morgan fingerprint density at radius 2 is 1.64 bits per heavy atom. The molecule has 0 fully saturated rings. The maximum atomic E-state index is 2.58. The Morgan fingerprint density at radius 1 is 0.964 bits per heavy atom. The second kappa shape index (κ2) is 8.00. The number of hydrogen-bond donors (Lipinski definition) is 0. The van der Waals surface area contributed by atoms with E-state index in [0.29, 0.717) is 5.92 Å². The number of benzene rings is 2. The van der Waals surface area contributed by atoms with E-state index in [-0.39, 0.29) is 17.8 Å². The van der Waals surface area contributed by atoms with E-state index < -0.39 is 21.3 Å². The fraction of sp³-hybridized carbons (Fsp3) is 0.346. The van der Waals surface area contributed by atoms with Crippen LogP contribution in [0.25, 0.3) is 11.1 Å². The van der Waals surface area contributed by atoms with Crippen LogP contribution < -0.4 is 3.27 Å². The van der Waals surface area contributed by atoms with Crippen molar-refractivity contribution in [1.29, 1.82) is 0 Å². The Morgan fingerprint density at radius 3 is 2.29 bits per heavy atom. The van der Waals surface area contributed by atoms with Crippen LogP contribution in [0.3, 0.4) is 0 Å². The topological polar surface area (TPSA) is 0 Å². The summed E-state index contributed by atoms with van der Waals surface area (Å²) in [6.45, 7) is 14.2. The molecule has 0 N–H and O–H groups in total. The first-order chi connectivity index (χ1) is 12.8. The molecule has 4 rings (SSSR count). The second-order valence-corrected chi connectivity index (χ2v) is 16.3. The monoisotopic (exact) mass is 468 g/mol. The van der Waals surface area contributed by atoms with Gasteiger partial charge in [0.2, 0.25) is 0 Å². The number of rotatable bonds is 2. The maximum Gasteiger partial charge on any atom is -0.147 e. The van der Waals surface area contributed by atoms with Crippen molar-refractivity contribution in [2.24, 2.45) is 11.3 Å². The van der Waals surface area contributed by atoms with E-state index in [1.54, 1.807) is 15.3 Å². The Labute approximate surface area is 184 Å². The quantitative estimate of drug-likeness (QED) is 0.394. The molecule has 146 valence electrons. The minimum absolute atomic E-state index is 0. The fourth-order valence-corrected chi connectivity index (χ4v) is 12.1. The molecule has 2 aliphatic carbocycles. The summed E-state index contributed by atoms with van der Waals surface area (Å²) >= 11 is -2.06. The molecule has 0 aliphatic heterocycles. The molecule has 2 aliphatic rings. The van der Waals surface area contributed by atoms with Gasteiger partial charge in [0.1, 0.15) is 0 Å². The second-order valence-electron chi connectivity index (χ2n) is 9.30. The third-order valence-electron chi connectivity index (χ3n) is 6.01. The Kier molecular flexibility index (Phi) is 6.19. The Balaban J connectivity index is 0.00000225. The third-order valence-corrected chi connectivity index (χ3v) is 13.8. The van der Waals surface area contributed by atoms with Crippen molar-refractivity contribution < 1.29 is 21.3 Å². The molecule has 0 saturated carbocycles. The van der Waals surface area contributed by atoms with Gasteiger partial charge < -0.3 is 0 Å². The Bertz CT molecular complexity index is 1010. The molecule has 1 unspecified atom stereocenters. The molecule has 0 saturated heterocycles. The fourth-order valence-electron chi connectivity index (χ4n) is 4.58. The van der Waals surface area contributed by atoms with Crippen molar-refractivity contribution in [3.63, 3.8) is 0 Å². The van der Waals surface area contributed by atoms with Crippen LogP contribution in [-0.2, 0) is 27.7 Å². The zero-order valence-electron chi connectivity index (χ0n) is 17.9. The van der Waals surface area contributed by atoms with Gasteiger partial charge in [0.05, 0.1) is 0 Å². The van der Waals surface area contributed by atoms with Crippen molar-refractivity contribution in [1.82, 2.24) is 0 Å². The van der Waals surface area contributed by atoms with Crippen molar-refractivity contribution in [2.75, 3.05) is 0 Å². The van der Waals surface area contributed by atoms with E-state index in [9.17, 15) is 0 Å². The zero-order valence-corrected chi connectivity index (χ0v) is 21.2. The molecule has 0 heterocycles. The number of hydrogen-bond acceptors (Lipinski definition) is 0. The van der Waals surface area contributed by atoms with Gasteiger partial charge >= 0.3 is 173 Å². The van der Waals surface area contributed by atoms with Gasteiger partial charge in [0.25, 0.3) is 0 Å². The molecular weight excluding hydrogens is 439 g/mol. The first-order valence-corrected chi connectivity index (χ1v) is 13.8. The predicted molar refractivity (Wildman–Crippen MR) is 123 cm³/mol. The van der Waals surface area contributed by atoms with Crippen LogP contribution in [0.4, 0.5) is 0 Å². The summed E-state index contributed by atoms with van der Waals surface area (Å²) in [6, 6.07) is 16.1. The first-order valence-electron chi connectivity index (χ1n) is 10.1. The van der Waals surface area contributed by atoms with E-state index in [1.807, 2.05) is 0 Å². The van der Waals surface area contributed by atoms with Gasteiger partial charge in [-0.2, -0.15) is 0 Å². The molecule has 2 heteroatoms. The van der Waals surface area contributed by atoms with Crippen molar-refractivity contribution in [3.8, 4) is 11.1 Å². The molecule has 0 nitrogen and oxygen atoms in total. The maximum absolute atomic E-state index is 2.58. The van der Waals surface area contributed by atoms with Crippen molar-refractivity contribution >= 4 is 18.9 Å². The summed E-state index contributed by atoms with van der Waals surface area (Å²) in [5.41, 5.74) is 7.82. The average molecular weight is 470 g/mol. The molecule has 28 heavy (non-hydrogen) atoms. The normalized spacial score (nSPS) is 17.3. The van der Waals surface area contributed by atoms with Crippen molar-refractivity contribution in [3.05, 3.63) is 74.6 Å². The molecule has 0 spiro atoms. The summed E-state index contributed by atoms with van der Waals surface area (Å²) in [5, 5.41) is 0. The van der Waals surface area contributed by atoms with Crippen molar-refractivity contribution in [2.45, 2.75) is 48.0 Å². The van der Waals surface area contributed by atoms with Gasteiger partial charge in [-0.05, 0) is 0 Å². The predicted octanol–water partition coefficient (Wildman–Crippen LogP) is 6.64. The van der Waals surface area contributed by atoms with Crippen LogP contribution in [0.1, 0.15) is 52.7 Å². The minimum Gasteiger partial charge on any atom is -0.147 e. The molecule has 0 aromatic heterocycles. The van der Waals surface area contributed by atoms with Gasteiger partial charge in [-0.3, -0.25) is 0 Å². The first kappa shape index (κ1) is 21.7. The molecule has 0 radical (unpaired) electrons. The molecule has 2 aromatic rings. The van der Waals surface area contributed by atoms with E-state index >= 15 is 0 Å². The zero-order chi connectivity index (χ0) is 19.3. The molecule has 1 atom stereocenters. The summed E-state index contributed by atoms with van der Waals surface area (Å²) in [6.07, 6.45) is 6.21. The summed E-state index contributed by atoms with van der Waals surface area (Å²) in [7, 11) is 0. The van der Waals surface area contributed by atoms with Gasteiger partial charge in [-0.1, -0.05) is 0 Å². The summed E-state index contributed by atoms with van der Waals surface area (Å²) < 4.78 is 5.14. The van der Waals surface area contributed by atoms with Crippen LogP contribution in [-0.4, -0.2) is 3.21 Å². The van der Waals surface area contributed by atoms with E-state index in [0.717, 1.165) is 6.42 Å². The van der Waals surface area contributed by atoms with Gasteiger partial charge in [0.15, 0.2) is 0 Å².